The van der Waals surface area contributed by atoms with Crippen molar-refractivity contribution in [3.05, 3.63) is 42.6 Å². The van der Waals surface area contributed by atoms with Gasteiger partial charge in [0.05, 0.1) is 14.7 Å². The normalized spacial score (nSPS) is 8.44. The molecule has 2 aromatic rings. The molecule has 0 amide bonds. The number of thiophene rings is 2. The minimum Gasteiger partial charge on any atom is -0.467 e. The number of carbonyl (C=O) groups is 1. The minimum atomic E-state index is -0.602. The van der Waals surface area contributed by atoms with Gasteiger partial charge in [-0.2, -0.15) is 0 Å². The maximum Gasteiger partial charge on any atom is 0.331 e. The molecule has 1 N–H and O–H groups in total. The van der Waals surface area contributed by atoms with Crippen LogP contribution in [-0.2, 0) is 9.53 Å². The van der Waals surface area contributed by atoms with Crippen LogP contribution in [0.15, 0.2) is 42.6 Å². The summed E-state index contributed by atoms with van der Waals surface area (Å²) in [5.74, 6) is -0.602. The SMILES string of the molecule is Brc1cccs1.Brc1cccs1.COC(=O)CO. The third-order valence-electron chi connectivity index (χ3n) is 1.33. The van der Waals surface area contributed by atoms with E-state index < -0.39 is 12.6 Å². The second-order valence-corrected chi connectivity index (χ2v) is 7.22. The number of esters is 1. The zero-order valence-corrected chi connectivity index (χ0v) is 14.3. The van der Waals surface area contributed by atoms with Crippen molar-refractivity contribution in [1.82, 2.24) is 0 Å². The fourth-order valence-corrected chi connectivity index (χ4v) is 2.42. The van der Waals surface area contributed by atoms with E-state index in [0.29, 0.717) is 0 Å². The van der Waals surface area contributed by atoms with E-state index in [0.717, 1.165) is 0 Å². The molecule has 0 aromatic carbocycles. The Kier molecular flexibility index (Phi) is 11.7. The molecule has 2 heterocycles. The third-order valence-corrected chi connectivity index (χ3v) is 4.29. The minimum absolute atomic E-state index is 0.531. The largest absolute Gasteiger partial charge is 0.467 e. The molecule has 2 rings (SSSR count). The standard InChI is InChI=1S/2C4H3BrS.C3H6O3/c2*5-4-2-1-3-6-4;1-6-3(5)2-4/h2*1-3H;4H,2H2,1H3. The van der Waals surface area contributed by atoms with E-state index >= 15 is 0 Å². The van der Waals surface area contributed by atoms with Crippen molar-refractivity contribution in [1.29, 1.82) is 0 Å². The van der Waals surface area contributed by atoms with Gasteiger partial charge in [0.25, 0.3) is 0 Å². The number of aliphatic hydroxyl groups is 1. The van der Waals surface area contributed by atoms with Crippen molar-refractivity contribution >= 4 is 60.5 Å². The number of ether oxygens (including phenoxy) is 1. The van der Waals surface area contributed by atoms with Crippen LogP contribution in [0.5, 0.6) is 0 Å². The van der Waals surface area contributed by atoms with Crippen LogP contribution in [0.1, 0.15) is 0 Å². The molecule has 0 bridgehead atoms. The Bertz CT molecular complexity index is 364. The molecule has 2 aromatic heterocycles. The van der Waals surface area contributed by atoms with Crippen molar-refractivity contribution < 1.29 is 14.6 Å². The lowest BCUT2D eigenvalue weighted by Crippen LogP contribution is -2.04. The molecule has 100 valence electrons. The Morgan fingerprint density at radius 2 is 1.67 bits per heavy atom. The lowest BCUT2D eigenvalue weighted by atomic mass is 10.7. The summed E-state index contributed by atoms with van der Waals surface area (Å²) in [5.41, 5.74) is 0. The summed E-state index contributed by atoms with van der Waals surface area (Å²) in [4.78, 5) is 9.71. The van der Waals surface area contributed by atoms with Crippen LogP contribution in [0.3, 0.4) is 0 Å². The fraction of sp³-hybridized carbons (Fsp3) is 0.182. The summed E-state index contributed by atoms with van der Waals surface area (Å²) in [5, 5.41) is 11.9. The molecular weight excluding hydrogens is 404 g/mol. The average molecular weight is 416 g/mol. The third kappa shape index (κ3) is 10.9. The first-order valence-corrected chi connectivity index (χ1v) is 8.00. The first-order chi connectivity index (χ1) is 8.60. The monoisotopic (exact) mass is 414 g/mol. The molecule has 7 heteroatoms. The van der Waals surface area contributed by atoms with Gasteiger partial charge in [0.2, 0.25) is 0 Å². The molecule has 3 nitrogen and oxygen atoms in total. The van der Waals surface area contributed by atoms with E-state index in [2.05, 4.69) is 36.6 Å². The Morgan fingerprint density at radius 3 is 1.72 bits per heavy atom. The molecule has 0 atom stereocenters. The number of carbonyl (C=O) groups excluding carboxylic acids is 1. The molecule has 0 aliphatic rings. The number of methoxy groups -OCH3 is 1. The first kappa shape index (κ1) is 17.8. The van der Waals surface area contributed by atoms with Crippen molar-refractivity contribution in [3.8, 4) is 0 Å². The van der Waals surface area contributed by atoms with Crippen LogP contribution in [0, 0.1) is 0 Å². The van der Waals surface area contributed by atoms with Crippen molar-refractivity contribution in [3.63, 3.8) is 0 Å². The molecule has 0 radical (unpaired) electrons. The summed E-state index contributed by atoms with van der Waals surface area (Å²) in [6.45, 7) is -0.531. The van der Waals surface area contributed by atoms with Gasteiger partial charge in [-0.25, -0.2) is 4.79 Å². The Labute approximate surface area is 131 Å². The number of hydrogen-bond acceptors (Lipinski definition) is 5. The second kappa shape index (κ2) is 11.9. The number of hydrogen-bond donors (Lipinski definition) is 1. The summed E-state index contributed by atoms with van der Waals surface area (Å²) < 4.78 is 6.40. The van der Waals surface area contributed by atoms with E-state index in [1.807, 2.05) is 35.0 Å². The predicted octanol–water partition coefficient (Wildman–Crippen LogP) is 4.17. The molecular formula is C11H12Br2O3S2. The molecule has 0 saturated carbocycles. The molecule has 0 aliphatic carbocycles. The molecule has 0 fully saturated rings. The highest BCUT2D eigenvalue weighted by Gasteiger charge is 1.89. The zero-order chi connectivity index (χ0) is 13.8. The molecule has 18 heavy (non-hydrogen) atoms. The van der Waals surface area contributed by atoms with Crippen LogP contribution in [0.2, 0.25) is 0 Å². The summed E-state index contributed by atoms with van der Waals surface area (Å²) in [7, 11) is 1.22. The van der Waals surface area contributed by atoms with Crippen LogP contribution >= 0.6 is 54.5 Å². The van der Waals surface area contributed by atoms with Gasteiger partial charge in [-0.15, -0.1) is 22.7 Å². The fourth-order valence-electron chi connectivity index (χ4n) is 0.582. The second-order valence-electron chi connectivity index (χ2n) is 2.57. The lowest BCUT2D eigenvalue weighted by Gasteiger charge is -1.86. The van der Waals surface area contributed by atoms with Gasteiger partial charge < -0.3 is 9.84 Å². The Balaban J connectivity index is 0.000000241. The van der Waals surface area contributed by atoms with E-state index in [4.69, 9.17) is 5.11 Å². The van der Waals surface area contributed by atoms with Crippen molar-refractivity contribution in [2.75, 3.05) is 13.7 Å². The van der Waals surface area contributed by atoms with Gasteiger partial charge in [-0.1, -0.05) is 12.1 Å². The van der Waals surface area contributed by atoms with Gasteiger partial charge >= 0.3 is 5.97 Å². The highest BCUT2D eigenvalue weighted by Crippen LogP contribution is 2.15. The molecule has 0 spiro atoms. The van der Waals surface area contributed by atoms with E-state index in [9.17, 15) is 4.79 Å². The Morgan fingerprint density at radius 1 is 1.22 bits per heavy atom. The van der Waals surface area contributed by atoms with Crippen LogP contribution in [0.25, 0.3) is 0 Å². The highest BCUT2D eigenvalue weighted by atomic mass is 79.9. The molecule has 0 unspecified atom stereocenters. The smallest absolute Gasteiger partial charge is 0.331 e. The first-order valence-electron chi connectivity index (χ1n) is 4.65. The quantitative estimate of drug-likeness (QED) is 0.710. The van der Waals surface area contributed by atoms with Crippen molar-refractivity contribution in [2.45, 2.75) is 0 Å². The van der Waals surface area contributed by atoms with E-state index in [-0.39, 0.29) is 0 Å². The number of rotatable bonds is 1. The van der Waals surface area contributed by atoms with Gasteiger partial charge in [0.15, 0.2) is 0 Å². The van der Waals surface area contributed by atoms with Gasteiger partial charge in [0, 0.05) is 0 Å². The number of halogens is 2. The van der Waals surface area contributed by atoms with Crippen LogP contribution in [0.4, 0.5) is 0 Å². The predicted molar refractivity (Wildman–Crippen MR) is 83.1 cm³/mol. The maximum absolute atomic E-state index is 9.71. The molecule has 0 aliphatic heterocycles. The van der Waals surface area contributed by atoms with Gasteiger partial charge in [-0.05, 0) is 54.8 Å². The van der Waals surface area contributed by atoms with Crippen LogP contribution < -0.4 is 0 Å². The lowest BCUT2D eigenvalue weighted by molar-refractivity contribution is -0.143. The number of aliphatic hydroxyl groups excluding tert-OH is 1. The molecule has 0 saturated heterocycles. The van der Waals surface area contributed by atoms with Gasteiger partial charge in [0.1, 0.15) is 6.61 Å². The van der Waals surface area contributed by atoms with Crippen LogP contribution in [-0.4, -0.2) is 24.8 Å². The maximum atomic E-state index is 9.71. The summed E-state index contributed by atoms with van der Waals surface area (Å²) in [6, 6.07) is 8.05. The van der Waals surface area contributed by atoms with E-state index in [1.165, 1.54) is 14.7 Å². The highest BCUT2D eigenvalue weighted by molar-refractivity contribution is 9.11. The van der Waals surface area contributed by atoms with Crippen molar-refractivity contribution in [2.24, 2.45) is 0 Å². The summed E-state index contributed by atoms with van der Waals surface area (Å²) >= 11 is 9.99. The van der Waals surface area contributed by atoms with E-state index in [1.54, 1.807) is 22.7 Å². The zero-order valence-electron chi connectivity index (χ0n) is 9.51. The van der Waals surface area contributed by atoms with Gasteiger partial charge in [-0.3, -0.25) is 0 Å². The average Bonchev–Trinajstić information content (AvgIpc) is 3.03. The summed E-state index contributed by atoms with van der Waals surface area (Å²) in [6.07, 6.45) is 0. The Hall–Kier alpha value is -0.210. The topological polar surface area (TPSA) is 46.5 Å².